The van der Waals surface area contributed by atoms with Crippen LogP contribution in [0, 0.1) is 5.82 Å². The van der Waals surface area contributed by atoms with Crippen LogP contribution in [0.15, 0.2) is 48.5 Å². The lowest BCUT2D eigenvalue weighted by Crippen LogP contribution is -2.22. The molecule has 2 aromatic rings. The number of benzene rings is 2. The molecule has 1 atom stereocenters. The molecule has 2 rings (SSSR count). The van der Waals surface area contributed by atoms with Crippen LogP contribution in [-0.2, 0) is 0 Å². The Kier molecular flexibility index (Phi) is 5.76. The Balaban J connectivity index is 2.35. The van der Waals surface area contributed by atoms with Crippen molar-refractivity contribution in [1.82, 2.24) is 5.32 Å². The lowest BCUT2D eigenvalue weighted by molar-refractivity contribution is 0.312. The molecule has 2 aromatic carbocycles. The average Bonchev–Trinajstić information content (AvgIpc) is 2.52. The molecule has 21 heavy (non-hydrogen) atoms. The van der Waals surface area contributed by atoms with E-state index in [1.807, 2.05) is 30.3 Å². The zero-order chi connectivity index (χ0) is 15.1. The molecule has 3 heteroatoms. The zero-order valence-electron chi connectivity index (χ0n) is 12.6. The van der Waals surface area contributed by atoms with Crippen LogP contribution < -0.4 is 10.1 Å². The van der Waals surface area contributed by atoms with E-state index >= 15 is 0 Å². The molecular formula is C18H22FNO. The second-order valence-electron chi connectivity index (χ2n) is 4.93. The van der Waals surface area contributed by atoms with Gasteiger partial charge in [-0.15, -0.1) is 0 Å². The normalized spacial score (nSPS) is 12.1. The maximum atomic E-state index is 13.1. The minimum absolute atomic E-state index is 0.00339. The van der Waals surface area contributed by atoms with Gasteiger partial charge in [-0.2, -0.15) is 0 Å². The van der Waals surface area contributed by atoms with Gasteiger partial charge in [0.2, 0.25) is 0 Å². The number of ether oxygens (including phenoxy) is 1. The van der Waals surface area contributed by atoms with Crippen molar-refractivity contribution in [1.29, 1.82) is 0 Å². The van der Waals surface area contributed by atoms with Crippen LogP contribution in [0.3, 0.4) is 0 Å². The number of hydrogen-bond donors (Lipinski definition) is 1. The fourth-order valence-corrected chi connectivity index (χ4v) is 2.33. The second kappa shape index (κ2) is 7.79. The van der Waals surface area contributed by atoms with Gasteiger partial charge in [-0.3, -0.25) is 0 Å². The second-order valence-corrected chi connectivity index (χ2v) is 4.93. The predicted molar refractivity (Wildman–Crippen MR) is 84.1 cm³/mol. The number of para-hydroxylation sites is 1. The van der Waals surface area contributed by atoms with Crippen LogP contribution in [0.25, 0.3) is 0 Å². The topological polar surface area (TPSA) is 21.3 Å². The van der Waals surface area contributed by atoms with Crippen molar-refractivity contribution in [3.63, 3.8) is 0 Å². The van der Waals surface area contributed by atoms with Crippen molar-refractivity contribution in [2.45, 2.75) is 26.3 Å². The molecule has 0 aliphatic rings. The van der Waals surface area contributed by atoms with Crippen LogP contribution in [0.2, 0.25) is 0 Å². The number of nitrogens with one attached hydrogen (secondary N) is 1. The highest BCUT2D eigenvalue weighted by Gasteiger charge is 2.17. The summed E-state index contributed by atoms with van der Waals surface area (Å²) in [6.45, 7) is 5.67. The van der Waals surface area contributed by atoms with Gasteiger partial charge in [0.15, 0.2) is 0 Å². The molecule has 0 aliphatic carbocycles. The highest BCUT2D eigenvalue weighted by molar-refractivity contribution is 5.41. The number of hydrogen-bond acceptors (Lipinski definition) is 2. The molecule has 112 valence electrons. The van der Waals surface area contributed by atoms with Gasteiger partial charge in [-0.05, 0) is 36.7 Å². The molecule has 0 heterocycles. The number of halogens is 1. The summed E-state index contributed by atoms with van der Waals surface area (Å²) in [6, 6.07) is 14.6. The van der Waals surface area contributed by atoms with Crippen LogP contribution in [0.1, 0.15) is 37.4 Å². The van der Waals surface area contributed by atoms with Crippen molar-refractivity contribution < 1.29 is 9.13 Å². The molecule has 1 unspecified atom stereocenters. The Morgan fingerprint density at radius 1 is 1.05 bits per heavy atom. The number of rotatable bonds is 7. The quantitative estimate of drug-likeness (QED) is 0.819. The van der Waals surface area contributed by atoms with E-state index in [2.05, 4.69) is 25.2 Å². The van der Waals surface area contributed by atoms with Crippen LogP contribution >= 0.6 is 0 Å². The third-order valence-corrected chi connectivity index (χ3v) is 3.30. The molecule has 0 aliphatic heterocycles. The fraction of sp³-hybridized carbons (Fsp3) is 0.333. The SMILES string of the molecule is CCCOc1ccccc1C(NCC)c1ccc(F)cc1. The largest absolute Gasteiger partial charge is 0.493 e. The van der Waals surface area contributed by atoms with Crippen LogP contribution in [0.4, 0.5) is 4.39 Å². The molecule has 0 saturated heterocycles. The first kappa shape index (κ1) is 15.5. The molecule has 0 aromatic heterocycles. The highest BCUT2D eigenvalue weighted by atomic mass is 19.1. The smallest absolute Gasteiger partial charge is 0.124 e. The Hall–Kier alpha value is -1.87. The van der Waals surface area contributed by atoms with E-state index < -0.39 is 0 Å². The first-order valence-electron chi connectivity index (χ1n) is 7.46. The van der Waals surface area contributed by atoms with Gasteiger partial charge in [0.1, 0.15) is 11.6 Å². The minimum atomic E-state index is -0.218. The van der Waals surface area contributed by atoms with Gasteiger partial charge in [-0.1, -0.05) is 44.2 Å². The lowest BCUT2D eigenvalue weighted by Gasteiger charge is -2.22. The summed E-state index contributed by atoms with van der Waals surface area (Å²) in [5.41, 5.74) is 2.12. The van der Waals surface area contributed by atoms with E-state index in [0.29, 0.717) is 6.61 Å². The van der Waals surface area contributed by atoms with E-state index in [1.165, 1.54) is 12.1 Å². The van der Waals surface area contributed by atoms with E-state index in [0.717, 1.165) is 29.8 Å². The van der Waals surface area contributed by atoms with Crippen molar-refractivity contribution >= 4 is 0 Å². The molecule has 0 saturated carbocycles. The predicted octanol–water partition coefficient (Wildman–Crippen LogP) is 4.31. The van der Waals surface area contributed by atoms with Crippen molar-refractivity contribution in [2.75, 3.05) is 13.2 Å². The third kappa shape index (κ3) is 4.05. The molecule has 1 N–H and O–H groups in total. The Labute approximate surface area is 126 Å². The molecule has 0 spiro atoms. The minimum Gasteiger partial charge on any atom is -0.493 e. The summed E-state index contributed by atoms with van der Waals surface area (Å²) in [5.74, 6) is 0.666. The molecule has 0 radical (unpaired) electrons. The summed E-state index contributed by atoms with van der Waals surface area (Å²) >= 11 is 0. The molecule has 0 fully saturated rings. The standard InChI is InChI=1S/C18H22FNO/c1-3-13-21-17-8-6-5-7-16(17)18(20-4-2)14-9-11-15(19)12-10-14/h5-12,18,20H,3-4,13H2,1-2H3. The Morgan fingerprint density at radius 3 is 2.43 bits per heavy atom. The Bertz CT molecular complexity index is 553. The summed E-state index contributed by atoms with van der Waals surface area (Å²) in [5, 5.41) is 3.45. The Morgan fingerprint density at radius 2 is 1.76 bits per heavy atom. The van der Waals surface area contributed by atoms with Crippen molar-refractivity contribution in [3.05, 3.63) is 65.5 Å². The van der Waals surface area contributed by atoms with Gasteiger partial charge in [0.25, 0.3) is 0 Å². The van der Waals surface area contributed by atoms with Gasteiger partial charge in [-0.25, -0.2) is 4.39 Å². The van der Waals surface area contributed by atoms with Crippen molar-refractivity contribution in [2.24, 2.45) is 0 Å². The summed E-state index contributed by atoms with van der Waals surface area (Å²) in [4.78, 5) is 0. The van der Waals surface area contributed by atoms with Crippen LogP contribution in [-0.4, -0.2) is 13.2 Å². The first-order valence-corrected chi connectivity index (χ1v) is 7.46. The van der Waals surface area contributed by atoms with E-state index in [4.69, 9.17) is 4.74 Å². The average molecular weight is 287 g/mol. The maximum Gasteiger partial charge on any atom is 0.124 e. The monoisotopic (exact) mass is 287 g/mol. The maximum absolute atomic E-state index is 13.1. The third-order valence-electron chi connectivity index (χ3n) is 3.30. The fourth-order valence-electron chi connectivity index (χ4n) is 2.33. The molecular weight excluding hydrogens is 265 g/mol. The van der Waals surface area contributed by atoms with Gasteiger partial charge in [0, 0.05) is 5.56 Å². The molecule has 2 nitrogen and oxygen atoms in total. The van der Waals surface area contributed by atoms with E-state index in [9.17, 15) is 4.39 Å². The van der Waals surface area contributed by atoms with Gasteiger partial charge < -0.3 is 10.1 Å². The first-order chi connectivity index (χ1) is 10.3. The molecule has 0 amide bonds. The van der Waals surface area contributed by atoms with E-state index in [-0.39, 0.29) is 11.9 Å². The van der Waals surface area contributed by atoms with Crippen molar-refractivity contribution in [3.8, 4) is 5.75 Å². The summed E-state index contributed by atoms with van der Waals surface area (Å²) in [6.07, 6.45) is 0.969. The zero-order valence-corrected chi connectivity index (χ0v) is 12.6. The molecule has 0 bridgehead atoms. The summed E-state index contributed by atoms with van der Waals surface area (Å²) in [7, 11) is 0. The van der Waals surface area contributed by atoms with Gasteiger partial charge >= 0.3 is 0 Å². The lowest BCUT2D eigenvalue weighted by atomic mass is 9.97. The summed E-state index contributed by atoms with van der Waals surface area (Å²) < 4.78 is 19.0. The van der Waals surface area contributed by atoms with Gasteiger partial charge in [0.05, 0.1) is 12.6 Å². The highest BCUT2D eigenvalue weighted by Crippen LogP contribution is 2.30. The van der Waals surface area contributed by atoms with Crippen LogP contribution in [0.5, 0.6) is 5.75 Å². The van der Waals surface area contributed by atoms with E-state index in [1.54, 1.807) is 0 Å².